The third-order valence-corrected chi connectivity index (χ3v) is 1.95. The molecule has 0 radical (unpaired) electrons. The van der Waals surface area contributed by atoms with Crippen molar-refractivity contribution in [2.75, 3.05) is 20.2 Å². The van der Waals surface area contributed by atoms with Crippen molar-refractivity contribution in [1.82, 2.24) is 5.32 Å². The number of esters is 1. The molecule has 0 fully saturated rings. The molecule has 0 aromatic rings. The van der Waals surface area contributed by atoms with Gasteiger partial charge in [-0.05, 0) is 18.9 Å². The molecule has 0 aliphatic carbocycles. The van der Waals surface area contributed by atoms with Crippen LogP contribution in [0.3, 0.4) is 0 Å². The fourth-order valence-electron chi connectivity index (χ4n) is 0.994. The molecule has 3 heteroatoms. The van der Waals surface area contributed by atoms with Crippen LogP contribution >= 0.6 is 0 Å². The lowest BCUT2D eigenvalue weighted by Crippen LogP contribution is -2.28. The minimum absolute atomic E-state index is 0.0443. The van der Waals surface area contributed by atoms with Crippen LogP contribution < -0.4 is 5.32 Å². The summed E-state index contributed by atoms with van der Waals surface area (Å²) in [6, 6.07) is 0. The zero-order valence-corrected chi connectivity index (χ0v) is 9.09. The average Bonchev–Trinajstić information content (AvgIpc) is 2.10. The molecule has 78 valence electrons. The summed E-state index contributed by atoms with van der Waals surface area (Å²) in [7, 11) is 1.42. The first-order valence-electron chi connectivity index (χ1n) is 4.86. The maximum Gasteiger partial charge on any atom is 0.309 e. The third kappa shape index (κ3) is 6.58. The first-order valence-corrected chi connectivity index (χ1v) is 4.86. The van der Waals surface area contributed by atoms with Gasteiger partial charge < -0.3 is 10.1 Å². The highest BCUT2D eigenvalue weighted by molar-refractivity contribution is 5.71. The van der Waals surface area contributed by atoms with Crippen molar-refractivity contribution >= 4 is 5.97 Å². The fourth-order valence-corrected chi connectivity index (χ4v) is 0.994. The summed E-state index contributed by atoms with van der Waals surface area (Å²) >= 11 is 0. The van der Waals surface area contributed by atoms with Crippen LogP contribution in [-0.4, -0.2) is 26.2 Å². The van der Waals surface area contributed by atoms with Gasteiger partial charge in [-0.2, -0.15) is 0 Å². The van der Waals surface area contributed by atoms with E-state index in [9.17, 15) is 4.79 Å². The van der Waals surface area contributed by atoms with E-state index in [-0.39, 0.29) is 11.9 Å². The Morgan fingerprint density at radius 3 is 2.46 bits per heavy atom. The molecular weight excluding hydrogens is 166 g/mol. The monoisotopic (exact) mass is 187 g/mol. The summed E-state index contributed by atoms with van der Waals surface area (Å²) in [5, 5.41) is 3.23. The first-order chi connectivity index (χ1) is 6.07. The minimum atomic E-state index is -0.142. The van der Waals surface area contributed by atoms with Crippen LogP contribution in [-0.2, 0) is 9.53 Å². The highest BCUT2D eigenvalue weighted by Gasteiger charge is 2.11. The second kappa shape index (κ2) is 6.89. The lowest BCUT2D eigenvalue weighted by Gasteiger charge is -2.11. The van der Waals surface area contributed by atoms with Gasteiger partial charge in [0.05, 0.1) is 13.0 Å². The Morgan fingerprint density at radius 2 is 2.00 bits per heavy atom. The van der Waals surface area contributed by atoms with Crippen LogP contribution in [0.25, 0.3) is 0 Å². The van der Waals surface area contributed by atoms with Gasteiger partial charge in [0.1, 0.15) is 0 Å². The van der Waals surface area contributed by atoms with Crippen molar-refractivity contribution in [1.29, 1.82) is 0 Å². The number of carbonyl (C=O) groups is 1. The molecular formula is C10H21NO2. The van der Waals surface area contributed by atoms with Gasteiger partial charge >= 0.3 is 5.97 Å². The van der Waals surface area contributed by atoms with Crippen molar-refractivity contribution in [3.63, 3.8) is 0 Å². The van der Waals surface area contributed by atoms with Gasteiger partial charge in [-0.25, -0.2) is 0 Å². The first kappa shape index (κ1) is 12.4. The highest BCUT2D eigenvalue weighted by atomic mass is 16.5. The molecule has 0 unspecified atom stereocenters. The maximum absolute atomic E-state index is 11.0. The Labute approximate surface area is 80.8 Å². The second-order valence-corrected chi connectivity index (χ2v) is 3.81. The van der Waals surface area contributed by atoms with Gasteiger partial charge in [0, 0.05) is 6.54 Å². The third-order valence-electron chi connectivity index (χ3n) is 1.95. The zero-order valence-electron chi connectivity index (χ0n) is 9.09. The van der Waals surface area contributed by atoms with Crippen molar-refractivity contribution < 1.29 is 9.53 Å². The van der Waals surface area contributed by atoms with E-state index < -0.39 is 0 Å². The summed E-state index contributed by atoms with van der Waals surface area (Å²) in [6.07, 6.45) is 1.15. The van der Waals surface area contributed by atoms with Gasteiger partial charge in [0.25, 0.3) is 0 Å². The average molecular weight is 187 g/mol. The molecule has 0 spiro atoms. The van der Waals surface area contributed by atoms with Crippen molar-refractivity contribution in [3.05, 3.63) is 0 Å². The summed E-state index contributed by atoms with van der Waals surface area (Å²) in [6.45, 7) is 7.92. The predicted molar refractivity (Wildman–Crippen MR) is 53.5 cm³/mol. The Morgan fingerprint density at radius 1 is 1.38 bits per heavy atom. The van der Waals surface area contributed by atoms with Gasteiger partial charge in [0.15, 0.2) is 0 Å². The highest BCUT2D eigenvalue weighted by Crippen LogP contribution is 1.98. The molecule has 0 aromatic carbocycles. The largest absolute Gasteiger partial charge is 0.469 e. The van der Waals surface area contributed by atoms with E-state index in [0.717, 1.165) is 13.0 Å². The standard InChI is InChI=1S/C10H21NO2/c1-8(2)5-6-11-7-9(3)10(12)13-4/h8-9,11H,5-7H2,1-4H3/t9-/m1/s1. The van der Waals surface area contributed by atoms with Gasteiger partial charge in [-0.3, -0.25) is 4.79 Å². The minimum Gasteiger partial charge on any atom is -0.469 e. The molecule has 0 bridgehead atoms. The van der Waals surface area contributed by atoms with Crippen LogP contribution in [0.15, 0.2) is 0 Å². The molecule has 0 heterocycles. The maximum atomic E-state index is 11.0. The number of carbonyl (C=O) groups excluding carboxylic acids is 1. The van der Waals surface area contributed by atoms with Gasteiger partial charge in [0.2, 0.25) is 0 Å². The number of rotatable bonds is 6. The topological polar surface area (TPSA) is 38.3 Å². The van der Waals surface area contributed by atoms with E-state index in [1.165, 1.54) is 7.11 Å². The van der Waals surface area contributed by atoms with Gasteiger partial charge in [-0.1, -0.05) is 20.8 Å². The van der Waals surface area contributed by atoms with E-state index in [1.54, 1.807) is 0 Å². The van der Waals surface area contributed by atoms with Crippen molar-refractivity contribution in [2.24, 2.45) is 11.8 Å². The molecule has 1 N–H and O–H groups in total. The lowest BCUT2D eigenvalue weighted by atomic mass is 10.1. The SMILES string of the molecule is COC(=O)[C@H](C)CNCCC(C)C. The van der Waals surface area contributed by atoms with E-state index in [1.807, 2.05) is 6.92 Å². The Balaban J connectivity index is 3.37. The normalized spacial score (nSPS) is 13.0. The molecule has 0 saturated heterocycles. The van der Waals surface area contributed by atoms with Crippen LogP contribution in [0.5, 0.6) is 0 Å². The second-order valence-electron chi connectivity index (χ2n) is 3.81. The Bertz CT molecular complexity index is 146. The molecule has 0 aliphatic rings. The molecule has 0 saturated carbocycles. The number of ether oxygens (including phenoxy) is 1. The summed E-state index contributed by atoms with van der Waals surface area (Å²) in [5.74, 6) is 0.523. The zero-order chi connectivity index (χ0) is 10.3. The summed E-state index contributed by atoms with van der Waals surface area (Å²) < 4.78 is 4.61. The molecule has 0 rings (SSSR count). The molecule has 13 heavy (non-hydrogen) atoms. The van der Waals surface area contributed by atoms with Crippen LogP contribution in [0.2, 0.25) is 0 Å². The van der Waals surface area contributed by atoms with Crippen LogP contribution in [0.4, 0.5) is 0 Å². The molecule has 0 amide bonds. The fraction of sp³-hybridized carbons (Fsp3) is 0.900. The molecule has 3 nitrogen and oxygen atoms in total. The van der Waals surface area contributed by atoms with E-state index in [4.69, 9.17) is 0 Å². The number of hydrogen-bond donors (Lipinski definition) is 1. The van der Waals surface area contributed by atoms with E-state index in [2.05, 4.69) is 23.9 Å². The molecule has 0 aliphatic heterocycles. The predicted octanol–water partition coefficient (Wildman–Crippen LogP) is 1.43. The van der Waals surface area contributed by atoms with Crippen LogP contribution in [0.1, 0.15) is 27.2 Å². The van der Waals surface area contributed by atoms with Crippen molar-refractivity contribution in [3.8, 4) is 0 Å². The van der Waals surface area contributed by atoms with E-state index in [0.29, 0.717) is 12.5 Å². The van der Waals surface area contributed by atoms with Crippen molar-refractivity contribution in [2.45, 2.75) is 27.2 Å². The van der Waals surface area contributed by atoms with Gasteiger partial charge in [-0.15, -0.1) is 0 Å². The quantitative estimate of drug-likeness (QED) is 0.505. The number of hydrogen-bond acceptors (Lipinski definition) is 3. The lowest BCUT2D eigenvalue weighted by molar-refractivity contribution is -0.144. The smallest absolute Gasteiger partial charge is 0.309 e. The number of nitrogens with one attached hydrogen (secondary N) is 1. The van der Waals surface area contributed by atoms with E-state index >= 15 is 0 Å². The molecule has 0 aromatic heterocycles. The van der Waals surface area contributed by atoms with Crippen LogP contribution in [0, 0.1) is 11.8 Å². The molecule has 1 atom stereocenters. The Kier molecular flexibility index (Phi) is 6.59. The summed E-state index contributed by atoms with van der Waals surface area (Å²) in [4.78, 5) is 11.0. The summed E-state index contributed by atoms with van der Waals surface area (Å²) in [5.41, 5.74) is 0. The number of methoxy groups -OCH3 is 1. The Hall–Kier alpha value is -0.570.